The molecule has 2 saturated carbocycles. The first-order valence-corrected chi connectivity index (χ1v) is 9.77. The minimum Gasteiger partial charge on any atom is -0.495 e. The smallest absolute Gasteiger partial charge is 0.413 e. The lowest BCUT2D eigenvalue weighted by atomic mass is 9.96. The van der Waals surface area contributed by atoms with E-state index in [1.54, 1.807) is 19.2 Å². The zero-order chi connectivity index (χ0) is 19.8. The van der Waals surface area contributed by atoms with Gasteiger partial charge in [0.2, 0.25) is 0 Å². The number of benzene rings is 2. The van der Waals surface area contributed by atoms with E-state index in [2.05, 4.69) is 24.1 Å². The van der Waals surface area contributed by atoms with Crippen LogP contribution in [0.4, 0.5) is 4.79 Å². The van der Waals surface area contributed by atoms with E-state index in [1.807, 2.05) is 30.3 Å². The van der Waals surface area contributed by atoms with Gasteiger partial charge in [-0.15, -0.1) is 0 Å². The number of hydrogen-bond acceptors (Lipinski definition) is 3. The molecule has 28 heavy (non-hydrogen) atoms. The molecule has 2 aliphatic rings. The molecule has 0 aromatic heterocycles. The van der Waals surface area contributed by atoms with E-state index in [4.69, 9.17) is 21.1 Å². The van der Waals surface area contributed by atoms with Gasteiger partial charge in [-0.3, -0.25) is 0 Å². The van der Waals surface area contributed by atoms with Crippen molar-refractivity contribution in [1.29, 1.82) is 0 Å². The highest BCUT2D eigenvalue weighted by atomic mass is 35.5. The monoisotopic (exact) mass is 395 g/mol. The fourth-order valence-electron chi connectivity index (χ4n) is 3.15. The number of halogens is 1. The van der Waals surface area contributed by atoms with Gasteiger partial charge in [0.25, 0.3) is 0 Å². The van der Waals surface area contributed by atoms with Crippen LogP contribution in [0.15, 0.2) is 42.5 Å². The van der Waals surface area contributed by atoms with Crippen molar-refractivity contribution in [3.05, 3.63) is 58.6 Å². The lowest BCUT2D eigenvalue weighted by Gasteiger charge is -2.15. The normalized spacial score (nSPS) is 17.7. The summed E-state index contributed by atoms with van der Waals surface area (Å²) in [5, 5.41) is 3.61. The molecule has 0 heterocycles. The predicted molar refractivity (Wildman–Crippen MR) is 109 cm³/mol. The highest BCUT2D eigenvalue weighted by Gasteiger charge is 2.44. The molecular weight excluding hydrogens is 374 g/mol. The maximum absolute atomic E-state index is 12.2. The van der Waals surface area contributed by atoms with Gasteiger partial charge in [-0.05, 0) is 54.9 Å². The molecule has 0 atom stereocenters. The Morgan fingerprint density at radius 1 is 1.14 bits per heavy atom. The Morgan fingerprint density at radius 3 is 2.46 bits per heavy atom. The van der Waals surface area contributed by atoms with Crippen molar-refractivity contribution in [2.45, 2.75) is 43.6 Å². The van der Waals surface area contributed by atoms with Gasteiger partial charge < -0.3 is 14.8 Å². The fraction of sp³-hybridized carbons (Fsp3) is 0.348. The van der Waals surface area contributed by atoms with Crippen LogP contribution in [-0.4, -0.2) is 18.7 Å². The second kappa shape index (κ2) is 7.07. The molecule has 2 fully saturated rings. The van der Waals surface area contributed by atoms with Gasteiger partial charge in [-0.1, -0.05) is 48.6 Å². The first kappa shape index (κ1) is 18.7. The molecule has 0 aliphatic heterocycles. The SMILES string of the molecule is COc1cc(Cl)c(C2(C)CC2)cc1C#CC1(NC(=O)Oc2ccccc2)CC1. The number of methoxy groups -OCH3 is 1. The van der Waals surface area contributed by atoms with E-state index >= 15 is 0 Å². The number of hydrogen-bond donors (Lipinski definition) is 1. The first-order chi connectivity index (χ1) is 13.4. The third-order valence-corrected chi connectivity index (χ3v) is 5.73. The van der Waals surface area contributed by atoms with Gasteiger partial charge in [-0.2, -0.15) is 0 Å². The number of amides is 1. The Hall–Kier alpha value is -2.64. The quantitative estimate of drug-likeness (QED) is 0.735. The Balaban J connectivity index is 1.52. The summed E-state index contributed by atoms with van der Waals surface area (Å²) in [6.45, 7) is 2.21. The number of carbonyl (C=O) groups excluding carboxylic acids is 1. The Bertz CT molecular complexity index is 967. The van der Waals surface area contributed by atoms with Crippen molar-refractivity contribution >= 4 is 17.7 Å². The van der Waals surface area contributed by atoms with Crippen molar-refractivity contribution < 1.29 is 14.3 Å². The minimum atomic E-state index is -0.542. The van der Waals surface area contributed by atoms with Crippen molar-refractivity contribution in [1.82, 2.24) is 5.32 Å². The summed E-state index contributed by atoms with van der Waals surface area (Å²) in [5.74, 6) is 7.56. The summed E-state index contributed by atoms with van der Waals surface area (Å²) in [5.41, 5.74) is 1.50. The van der Waals surface area contributed by atoms with Crippen LogP contribution in [0, 0.1) is 11.8 Å². The molecule has 1 amide bonds. The summed E-state index contributed by atoms with van der Waals surface area (Å²) in [4.78, 5) is 12.2. The molecule has 2 aliphatic carbocycles. The standard InChI is InChI=1S/C23H22ClNO3/c1-22(10-11-22)18-14-16(20(27-2)15-19(18)24)8-9-23(12-13-23)25-21(26)28-17-6-4-3-5-7-17/h3-7,14-15H,10-13H2,1-2H3,(H,25,26). The largest absolute Gasteiger partial charge is 0.495 e. The van der Waals surface area contributed by atoms with Gasteiger partial charge in [0, 0.05) is 11.1 Å². The molecule has 4 nitrogen and oxygen atoms in total. The molecule has 2 aromatic rings. The lowest BCUT2D eigenvalue weighted by Crippen LogP contribution is -2.37. The van der Waals surface area contributed by atoms with Crippen LogP contribution in [-0.2, 0) is 5.41 Å². The third kappa shape index (κ3) is 3.95. The van der Waals surface area contributed by atoms with E-state index in [9.17, 15) is 4.79 Å². The van der Waals surface area contributed by atoms with Crippen LogP contribution in [0.1, 0.15) is 43.7 Å². The van der Waals surface area contributed by atoms with Gasteiger partial charge in [0.15, 0.2) is 0 Å². The van der Waals surface area contributed by atoms with Crippen LogP contribution in [0.5, 0.6) is 11.5 Å². The van der Waals surface area contributed by atoms with Crippen LogP contribution in [0.3, 0.4) is 0 Å². The number of para-hydroxylation sites is 1. The van der Waals surface area contributed by atoms with E-state index in [0.29, 0.717) is 16.5 Å². The second-order valence-corrected chi connectivity index (χ2v) is 8.16. The van der Waals surface area contributed by atoms with Gasteiger partial charge in [0.05, 0.1) is 12.7 Å². The van der Waals surface area contributed by atoms with E-state index in [1.165, 1.54) is 0 Å². The average molecular weight is 396 g/mol. The third-order valence-electron chi connectivity index (χ3n) is 5.42. The highest BCUT2D eigenvalue weighted by Crippen LogP contribution is 2.51. The number of rotatable bonds is 4. The Labute approximate surface area is 170 Å². The molecule has 4 rings (SSSR count). The molecule has 0 radical (unpaired) electrons. The van der Waals surface area contributed by atoms with Crippen LogP contribution >= 0.6 is 11.6 Å². The Morgan fingerprint density at radius 2 is 1.86 bits per heavy atom. The zero-order valence-corrected chi connectivity index (χ0v) is 16.7. The molecule has 144 valence electrons. The fourth-order valence-corrected chi connectivity index (χ4v) is 3.53. The van der Waals surface area contributed by atoms with Gasteiger partial charge in [-0.25, -0.2) is 4.79 Å². The predicted octanol–water partition coefficient (Wildman–Crippen LogP) is 5.07. The number of carbonyl (C=O) groups is 1. The van der Waals surface area contributed by atoms with Crippen LogP contribution in [0.25, 0.3) is 0 Å². The summed E-state index contributed by atoms with van der Waals surface area (Å²) in [6.07, 6.45) is 3.35. The molecular formula is C23H22ClNO3. The second-order valence-electron chi connectivity index (χ2n) is 7.75. The molecule has 2 aromatic carbocycles. The molecule has 5 heteroatoms. The van der Waals surface area contributed by atoms with Gasteiger partial charge in [0.1, 0.15) is 17.0 Å². The molecule has 0 bridgehead atoms. The summed E-state index contributed by atoms with van der Waals surface area (Å²) in [6, 6.07) is 12.8. The molecule has 0 spiro atoms. The highest BCUT2D eigenvalue weighted by molar-refractivity contribution is 6.31. The van der Waals surface area contributed by atoms with E-state index in [-0.39, 0.29) is 5.41 Å². The average Bonchev–Trinajstić information content (AvgIpc) is 3.60. The molecule has 0 unspecified atom stereocenters. The van der Waals surface area contributed by atoms with E-state index < -0.39 is 11.6 Å². The van der Waals surface area contributed by atoms with Crippen molar-refractivity contribution in [2.24, 2.45) is 0 Å². The van der Waals surface area contributed by atoms with Crippen LogP contribution < -0.4 is 14.8 Å². The summed E-state index contributed by atoms with van der Waals surface area (Å²) in [7, 11) is 1.61. The van der Waals surface area contributed by atoms with Crippen molar-refractivity contribution in [3.63, 3.8) is 0 Å². The molecule has 1 N–H and O–H groups in total. The van der Waals surface area contributed by atoms with Crippen molar-refractivity contribution in [3.8, 4) is 23.3 Å². The number of ether oxygens (including phenoxy) is 2. The topological polar surface area (TPSA) is 47.6 Å². The lowest BCUT2D eigenvalue weighted by molar-refractivity contribution is 0.197. The molecule has 0 saturated heterocycles. The Kier molecular flexibility index (Phi) is 4.72. The number of nitrogens with one attached hydrogen (secondary N) is 1. The maximum Gasteiger partial charge on any atom is 0.413 e. The maximum atomic E-state index is 12.2. The van der Waals surface area contributed by atoms with Gasteiger partial charge >= 0.3 is 6.09 Å². The summed E-state index contributed by atoms with van der Waals surface area (Å²) >= 11 is 6.45. The minimum absolute atomic E-state index is 0.134. The first-order valence-electron chi connectivity index (χ1n) is 9.39. The zero-order valence-electron chi connectivity index (χ0n) is 16.0. The van der Waals surface area contributed by atoms with E-state index in [0.717, 1.165) is 36.8 Å². The van der Waals surface area contributed by atoms with Crippen LogP contribution in [0.2, 0.25) is 5.02 Å². The summed E-state index contributed by atoms with van der Waals surface area (Å²) < 4.78 is 10.8. The van der Waals surface area contributed by atoms with Crippen molar-refractivity contribution in [2.75, 3.05) is 7.11 Å².